The predicted molar refractivity (Wildman–Crippen MR) is 61.1 cm³/mol. The number of nitrogens with one attached hydrogen (secondary N) is 1. The fourth-order valence-electron chi connectivity index (χ4n) is 2.39. The van der Waals surface area contributed by atoms with E-state index in [0.29, 0.717) is 12.1 Å². The van der Waals surface area contributed by atoms with E-state index >= 15 is 0 Å². The molecule has 0 radical (unpaired) electrons. The summed E-state index contributed by atoms with van der Waals surface area (Å²) in [6.45, 7) is 6.43. The summed E-state index contributed by atoms with van der Waals surface area (Å²) in [4.78, 5) is 4.72. The van der Waals surface area contributed by atoms with E-state index in [1.807, 2.05) is 0 Å². The van der Waals surface area contributed by atoms with Crippen LogP contribution in [0.2, 0.25) is 0 Å². The summed E-state index contributed by atoms with van der Waals surface area (Å²) in [7, 11) is 4.35. The highest BCUT2D eigenvalue weighted by Gasteiger charge is 2.22. The van der Waals surface area contributed by atoms with Gasteiger partial charge in [-0.3, -0.25) is 0 Å². The predicted octanol–water partition coefficient (Wildman–Crippen LogP) is -0.389. The van der Waals surface area contributed by atoms with Crippen molar-refractivity contribution in [1.82, 2.24) is 15.1 Å². The van der Waals surface area contributed by atoms with E-state index in [1.165, 1.54) is 19.5 Å². The van der Waals surface area contributed by atoms with Crippen molar-refractivity contribution in [2.24, 2.45) is 0 Å². The highest BCUT2D eigenvalue weighted by atomic mass is 16.5. The van der Waals surface area contributed by atoms with Crippen LogP contribution in [0.4, 0.5) is 0 Å². The molecule has 0 aromatic carbocycles. The van der Waals surface area contributed by atoms with Gasteiger partial charge in [0.25, 0.3) is 0 Å². The van der Waals surface area contributed by atoms with E-state index in [1.54, 1.807) is 0 Å². The van der Waals surface area contributed by atoms with Gasteiger partial charge >= 0.3 is 0 Å². The molecule has 0 amide bonds. The monoisotopic (exact) mass is 213 g/mol. The maximum Gasteiger partial charge on any atom is 0.0826 e. The standard InChI is InChI=1S/C11H23N3O/c1-13-4-3-10(8-13)12-7-11-9-14(2)5-6-15-11/h10-12H,3-9H2,1-2H3. The minimum absolute atomic E-state index is 0.384. The molecule has 88 valence electrons. The summed E-state index contributed by atoms with van der Waals surface area (Å²) in [5, 5.41) is 3.61. The summed E-state index contributed by atoms with van der Waals surface area (Å²) in [6, 6.07) is 0.672. The number of rotatable bonds is 3. The SMILES string of the molecule is CN1CCC(NCC2CN(C)CCO2)C1. The van der Waals surface area contributed by atoms with E-state index in [9.17, 15) is 0 Å². The van der Waals surface area contributed by atoms with Crippen molar-refractivity contribution in [3.63, 3.8) is 0 Å². The largest absolute Gasteiger partial charge is 0.374 e. The van der Waals surface area contributed by atoms with Gasteiger partial charge in [0.2, 0.25) is 0 Å². The van der Waals surface area contributed by atoms with E-state index in [-0.39, 0.29) is 0 Å². The van der Waals surface area contributed by atoms with Crippen molar-refractivity contribution < 1.29 is 4.74 Å². The number of ether oxygens (including phenoxy) is 1. The first-order chi connectivity index (χ1) is 7.24. The second-order valence-corrected chi connectivity index (χ2v) is 4.91. The average Bonchev–Trinajstić information content (AvgIpc) is 2.62. The maximum absolute atomic E-state index is 5.72. The Bertz CT molecular complexity index is 200. The maximum atomic E-state index is 5.72. The summed E-state index contributed by atoms with van der Waals surface area (Å²) in [5.41, 5.74) is 0. The minimum atomic E-state index is 0.384. The summed E-state index contributed by atoms with van der Waals surface area (Å²) in [5.74, 6) is 0. The Morgan fingerprint density at radius 2 is 2.00 bits per heavy atom. The van der Waals surface area contributed by atoms with Crippen LogP contribution in [0.5, 0.6) is 0 Å². The van der Waals surface area contributed by atoms with Gasteiger partial charge in [0.05, 0.1) is 12.7 Å². The fourth-order valence-corrected chi connectivity index (χ4v) is 2.39. The molecule has 0 bridgehead atoms. The van der Waals surface area contributed by atoms with E-state index in [0.717, 1.165) is 26.2 Å². The van der Waals surface area contributed by atoms with Crippen LogP contribution in [0.15, 0.2) is 0 Å². The van der Waals surface area contributed by atoms with Crippen LogP contribution in [0.25, 0.3) is 0 Å². The molecule has 0 aromatic rings. The Morgan fingerprint density at radius 1 is 1.20 bits per heavy atom. The van der Waals surface area contributed by atoms with Gasteiger partial charge in [0.1, 0.15) is 0 Å². The zero-order valence-electron chi connectivity index (χ0n) is 9.91. The first-order valence-corrected chi connectivity index (χ1v) is 5.96. The van der Waals surface area contributed by atoms with E-state index in [4.69, 9.17) is 4.74 Å². The molecule has 0 aromatic heterocycles. The van der Waals surface area contributed by atoms with Gasteiger partial charge in [-0.05, 0) is 27.1 Å². The minimum Gasteiger partial charge on any atom is -0.374 e. The third-order valence-corrected chi connectivity index (χ3v) is 3.37. The van der Waals surface area contributed by atoms with Gasteiger partial charge in [-0.1, -0.05) is 0 Å². The van der Waals surface area contributed by atoms with Gasteiger partial charge in [-0.15, -0.1) is 0 Å². The zero-order valence-corrected chi connectivity index (χ0v) is 9.91. The molecule has 2 aliphatic rings. The second-order valence-electron chi connectivity index (χ2n) is 4.91. The molecule has 4 nitrogen and oxygen atoms in total. The molecule has 15 heavy (non-hydrogen) atoms. The molecule has 0 aliphatic carbocycles. The molecule has 0 spiro atoms. The normalized spacial score (nSPS) is 34.8. The van der Waals surface area contributed by atoms with Gasteiger partial charge in [0, 0.05) is 32.2 Å². The first kappa shape index (κ1) is 11.3. The van der Waals surface area contributed by atoms with Gasteiger partial charge in [-0.2, -0.15) is 0 Å². The van der Waals surface area contributed by atoms with Crippen molar-refractivity contribution in [2.75, 3.05) is 53.4 Å². The molecule has 0 saturated carbocycles. The third kappa shape index (κ3) is 3.41. The van der Waals surface area contributed by atoms with Crippen molar-refractivity contribution in [3.8, 4) is 0 Å². The third-order valence-electron chi connectivity index (χ3n) is 3.37. The lowest BCUT2D eigenvalue weighted by Crippen LogP contribution is -2.47. The molecule has 2 aliphatic heterocycles. The van der Waals surface area contributed by atoms with Crippen LogP contribution in [0.3, 0.4) is 0 Å². The second kappa shape index (κ2) is 5.25. The quantitative estimate of drug-likeness (QED) is 0.691. The molecular formula is C11H23N3O. The Balaban J connectivity index is 1.64. The lowest BCUT2D eigenvalue weighted by atomic mass is 10.2. The Morgan fingerprint density at radius 3 is 2.67 bits per heavy atom. The number of hydrogen-bond donors (Lipinski definition) is 1. The van der Waals surface area contributed by atoms with Crippen LogP contribution in [0, 0.1) is 0 Å². The smallest absolute Gasteiger partial charge is 0.0826 e. The van der Waals surface area contributed by atoms with E-state index < -0.39 is 0 Å². The Kier molecular flexibility index (Phi) is 3.97. The van der Waals surface area contributed by atoms with Crippen LogP contribution >= 0.6 is 0 Å². The van der Waals surface area contributed by atoms with Crippen molar-refractivity contribution in [3.05, 3.63) is 0 Å². The van der Waals surface area contributed by atoms with E-state index in [2.05, 4.69) is 29.2 Å². The molecule has 2 atom stereocenters. The highest BCUT2D eigenvalue weighted by molar-refractivity contribution is 4.81. The molecule has 4 heteroatoms. The van der Waals surface area contributed by atoms with Crippen LogP contribution < -0.4 is 5.32 Å². The van der Waals surface area contributed by atoms with Gasteiger partial charge < -0.3 is 19.9 Å². The number of hydrogen-bond acceptors (Lipinski definition) is 4. The topological polar surface area (TPSA) is 27.7 Å². The highest BCUT2D eigenvalue weighted by Crippen LogP contribution is 2.07. The molecule has 2 rings (SSSR count). The lowest BCUT2D eigenvalue weighted by Gasteiger charge is -2.30. The molecule has 2 saturated heterocycles. The summed E-state index contributed by atoms with van der Waals surface area (Å²) >= 11 is 0. The number of morpholine rings is 1. The molecule has 2 heterocycles. The summed E-state index contributed by atoms with van der Waals surface area (Å²) in [6.07, 6.45) is 1.66. The van der Waals surface area contributed by atoms with Crippen molar-refractivity contribution in [1.29, 1.82) is 0 Å². The number of likely N-dealkylation sites (N-methyl/N-ethyl adjacent to an activating group) is 2. The molecule has 1 N–H and O–H groups in total. The van der Waals surface area contributed by atoms with Gasteiger partial charge in [-0.25, -0.2) is 0 Å². The molecule has 2 fully saturated rings. The Hall–Kier alpha value is -0.160. The zero-order chi connectivity index (χ0) is 10.7. The average molecular weight is 213 g/mol. The van der Waals surface area contributed by atoms with Crippen molar-refractivity contribution in [2.45, 2.75) is 18.6 Å². The first-order valence-electron chi connectivity index (χ1n) is 5.96. The fraction of sp³-hybridized carbons (Fsp3) is 1.00. The number of likely N-dealkylation sites (tertiary alicyclic amines) is 1. The van der Waals surface area contributed by atoms with Crippen LogP contribution in [-0.2, 0) is 4.74 Å². The van der Waals surface area contributed by atoms with Gasteiger partial charge in [0.15, 0.2) is 0 Å². The number of nitrogens with zero attached hydrogens (tertiary/aromatic N) is 2. The van der Waals surface area contributed by atoms with Crippen LogP contribution in [-0.4, -0.2) is 75.4 Å². The van der Waals surface area contributed by atoms with Crippen LogP contribution in [0.1, 0.15) is 6.42 Å². The summed E-state index contributed by atoms with van der Waals surface area (Å²) < 4.78 is 5.72. The molecule has 2 unspecified atom stereocenters. The van der Waals surface area contributed by atoms with Crippen molar-refractivity contribution >= 4 is 0 Å². The lowest BCUT2D eigenvalue weighted by molar-refractivity contribution is -0.0191. The molecular weight excluding hydrogens is 190 g/mol. The Labute approximate surface area is 92.6 Å².